The molecular formula is C18H19NO3. The van der Waals surface area contributed by atoms with E-state index >= 15 is 0 Å². The molecule has 1 aliphatic rings. The van der Waals surface area contributed by atoms with E-state index in [1.807, 2.05) is 55.5 Å². The minimum atomic E-state index is -0.258. The minimum Gasteiger partial charge on any atom is -0.492 e. The lowest BCUT2D eigenvalue weighted by molar-refractivity contribution is -0.117. The lowest BCUT2D eigenvalue weighted by atomic mass is 10.0. The first kappa shape index (κ1) is 14.6. The van der Waals surface area contributed by atoms with Gasteiger partial charge in [0.1, 0.15) is 18.3 Å². The van der Waals surface area contributed by atoms with Crippen LogP contribution in [0.2, 0.25) is 0 Å². The van der Waals surface area contributed by atoms with E-state index in [9.17, 15) is 4.79 Å². The Morgan fingerprint density at radius 1 is 1.27 bits per heavy atom. The lowest BCUT2D eigenvalue weighted by Crippen LogP contribution is -2.22. The van der Waals surface area contributed by atoms with Crippen LogP contribution in [0.15, 0.2) is 48.5 Å². The molecule has 1 N–H and O–H groups in total. The quantitative estimate of drug-likeness (QED) is 0.920. The molecule has 4 nitrogen and oxygen atoms in total. The Balaban J connectivity index is 1.70. The molecule has 0 spiro atoms. The van der Waals surface area contributed by atoms with Crippen LogP contribution in [0, 0.1) is 0 Å². The first-order valence-electron chi connectivity index (χ1n) is 7.47. The predicted octanol–water partition coefficient (Wildman–Crippen LogP) is 3.34. The molecule has 0 saturated carbocycles. The maximum absolute atomic E-state index is 12.5. The average Bonchev–Trinajstić information content (AvgIpc) is 2.97. The van der Waals surface area contributed by atoms with Crippen molar-refractivity contribution in [2.24, 2.45) is 0 Å². The lowest BCUT2D eigenvalue weighted by Gasteiger charge is -2.11. The number of amides is 1. The topological polar surface area (TPSA) is 47.6 Å². The van der Waals surface area contributed by atoms with Crippen LogP contribution in [0.3, 0.4) is 0 Å². The monoisotopic (exact) mass is 297 g/mol. The van der Waals surface area contributed by atoms with Gasteiger partial charge in [-0.3, -0.25) is 4.79 Å². The molecule has 1 aliphatic heterocycles. The van der Waals surface area contributed by atoms with Gasteiger partial charge in [-0.2, -0.15) is 0 Å². The zero-order valence-electron chi connectivity index (χ0n) is 12.5. The number of rotatable bonds is 5. The summed E-state index contributed by atoms with van der Waals surface area (Å²) in [6, 6.07) is 15.4. The van der Waals surface area contributed by atoms with E-state index in [0.29, 0.717) is 19.8 Å². The second-order valence-corrected chi connectivity index (χ2v) is 5.23. The third-order valence-corrected chi connectivity index (χ3v) is 3.68. The van der Waals surface area contributed by atoms with Crippen LogP contribution < -0.4 is 10.1 Å². The fourth-order valence-electron chi connectivity index (χ4n) is 2.57. The fourth-order valence-corrected chi connectivity index (χ4v) is 2.57. The number of hydrogen-bond acceptors (Lipinski definition) is 3. The molecule has 114 valence electrons. The van der Waals surface area contributed by atoms with Crippen molar-refractivity contribution >= 4 is 11.6 Å². The van der Waals surface area contributed by atoms with E-state index in [4.69, 9.17) is 9.47 Å². The minimum absolute atomic E-state index is 0.0430. The van der Waals surface area contributed by atoms with Crippen LogP contribution >= 0.6 is 0 Å². The number of hydrogen-bond donors (Lipinski definition) is 1. The Morgan fingerprint density at radius 2 is 2.14 bits per heavy atom. The highest BCUT2D eigenvalue weighted by molar-refractivity contribution is 5.97. The van der Waals surface area contributed by atoms with E-state index in [1.54, 1.807) is 0 Å². The second kappa shape index (κ2) is 6.62. The largest absolute Gasteiger partial charge is 0.492 e. The van der Waals surface area contributed by atoms with Gasteiger partial charge < -0.3 is 14.8 Å². The number of fused-ring (bicyclic) bond motifs is 1. The van der Waals surface area contributed by atoms with Crippen molar-refractivity contribution in [3.05, 3.63) is 59.7 Å². The van der Waals surface area contributed by atoms with Crippen LogP contribution in [0.4, 0.5) is 5.69 Å². The Morgan fingerprint density at radius 3 is 3.00 bits per heavy atom. The molecule has 0 aliphatic carbocycles. The number of anilines is 1. The first-order valence-corrected chi connectivity index (χ1v) is 7.47. The summed E-state index contributed by atoms with van der Waals surface area (Å²) < 4.78 is 11.0. The van der Waals surface area contributed by atoms with Crippen molar-refractivity contribution < 1.29 is 14.3 Å². The maximum Gasteiger partial charge on any atom is 0.235 e. The van der Waals surface area contributed by atoms with Crippen molar-refractivity contribution in [3.63, 3.8) is 0 Å². The van der Waals surface area contributed by atoms with Crippen LogP contribution in [-0.4, -0.2) is 19.1 Å². The van der Waals surface area contributed by atoms with Crippen LogP contribution in [0.1, 0.15) is 24.0 Å². The van der Waals surface area contributed by atoms with Gasteiger partial charge in [-0.25, -0.2) is 0 Å². The predicted molar refractivity (Wildman–Crippen MR) is 85.1 cm³/mol. The zero-order chi connectivity index (χ0) is 15.4. The molecule has 0 saturated heterocycles. The molecule has 2 aromatic carbocycles. The molecule has 4 heteroatoms. The van der Waals surface area contributed by atoms with Crippen molar-refractivity contribution in [2.45, 2.75) is 19.4 Å². The second-order valence-electron chi connectivity index (χ2n) is 5.23. The molecule has 0 aromatic heterocycles. The third-order valence-electron chi connectivity index (χ3n) is 3.68. The van der Waals surface area contributed by atoms with Gasteiger partial charge in [-0.15, -0.1) is 0 Å². The number of nitrogens with one attached hydrogen (secondary N) is 1. The number of ether oxygens (including phenoxy) is 2. The molecule has 3 rings (SSSR count). The molecular weight excluding hydrogens is 278 g/mol. The number of carbonyl (C=O) groups excluding carboxylic acids is 1. The molecule has 0 radical (unpaired) electrons. The van der Waals surface area contributed by atoms with Crippen LogP contribution in [0.5, 0.6) is 5.75 Å². The van der Waals surface area contributed by atoms with Crippen molar-refractivity contribution in [3.8, 4) is 5.75 Å². The van der Waals surface area contributed by atoms with E-state index in [1.165, 1.54) is 0 Å². The first-order chi connectivity index (χ1) is 10.8. The fraction of sp³-hybridized carbons (Fsp3) is 0.278. The smallest absolute Gasteiger partial charge is 0.235 e. The molecule has 1 atom stereocenters. The van der Waals surface area contributed by atoms with Crippen LogP contribution in [-0.2, 0) is 16.1 Å². The summed E-state index contributed by atoms with van der Waals surface area (Å²) >= 11 is 0. The van der Waals surface area contributed by atoms with E-state index in [2.05, 4.69) is 5.32 Å². The summed E-state index contributed by atoms with van der Waals surface area (Å²) in [6.07, 6.45) is 0. The number of benzene rings is 2. The highest BCUT2D eigenvalue weighted by atomic mass is 16.5. The van der Waals surface area contributed by atoms with Gasteiger partial charge in [0.2, 0.25) is 5.91 Å². The van der Waals surface area contributed by atoms with Gasteiger partial charge in [0.05, 0.1) is 6.61 Å². The van der Waals surface area contributed by atoms with E-state index in [0.717, 1.165) is 22.6 Å². The van der Waals surface area contributed by atoms with Crippen LogP contribution in [0.25, 0.3) is 0 Å². The van der Waals surface area contributed by atoms with Gasteiger partial charge in [0, 0.05) is 17.9 Å². The van der Waals surface area contributed by atoms with Crippen molar-refractivity contribution in [1.29, 1.82) is 0 Å². The summed E-state index contributed by atoms with van der Waals surface area (Å²) in [5.74, 6) is 0.498. The van der Waals surface area contributed by atoms with Gasteiger partial charge >= 0.3 is 0 Å². The summed E-state index contributed by atoms with van der Waals surface area (Å²) in [6.45, 7) is 3.58. The summed E-state index contributed by atoms with van der Waals surface area (Å²) in [4.78, 5) is 12.5. The summed E-state index contributed by atoms with van der Waals surface area (Å²) in [5.41, 5.74) is 2.78. The van der Waals surface area contributed by atoms with Crippen molar-refractivity contribution in [2.75, 3.05) is 18.5 Å². The highest BCUT2D eigenvalue weighted by Crippen LogP contribution is 2.34. The molecule has 1 amide bonds. The molecule has 1 unspecified atom stereocenters. The van der Waals surface area contributed by atoms with Gasteiger partial charge in [-0.1, -0.05) is 30.3 Å². The normalized spacial score (nSPS) is 16.0. The molecule has 1 heterocycles. The Bertz CT molecular complexity index is 669. The molecule has 0 bridgehead atoms. The number of carbonyl (C=O) groups is 1. The van der Waals surface area contributed by atoms with E-state index in [-0.39, 0.29) is 11.8 Å². The Labute approximate surface area is 130 Å². The van der Waals surface area contributed by atoms with Gasteiger partial charge in [0.15, 0.2) is 0 Å². The van der Waals surface area contributed by atoms with Gasteiger partial charge in [-0.05, 0) is 30.7 Å². The average molecular weight is 297 g/mol. The molecule has 2 aromatic rings. The van der Waals surface area contributed by atoms with Gasteiger partial charge in [0.25, 0.3) is 0 Å². The Hall–Kier alpha value is -2.33. The molecule has 0 fully saturated rings. The SMILES string of the molecule is CCOCc1cccc(NC(=O)C2COc3ccccc32)c1. The third kappa shape index (κ3) is 3.12. The highest BCUT2D eigenvalue weighted by Gasteiger charge is 2.29. The molecule has 22 heavy (non-hydrogen) atoms. The van der Waals surface area contributed by atoms with E-state index < -0.39 is 0 Å². The number of para-hydroxylation sites is 1. The maximum atomic E-state index is 12.5. The Kier molecular flexibility index (Phi) is 4.39. The summed E-state index contributed by atoms with van der Waals surface area (Å²) in [5, 5.41) is 2.97. The zero-order valence-corrected chi connectivity index (χ0v) is 12.5. The standard InChI is InChI=1S/C18H19NO3/c1-2-21-11-13-6-5-7-14(10-13)19-18(20)16-12-22-17-9-4-3-8-15(16)17/h3-10,16H,2,11-12H2,1H3,(H,19,20). The van der Waals surface area contributed by atoms with Crippen molar-refractivity contribution in [1.82, 2.24) is 0 Å². The summed E-state index contributed by atoms with van der Waals surface area (Å²) in [7, 11) is 0.